The van der Waals surface area contributed by atoms with E-state index in [-0.39, 0.29) is 12.1 Å². The molecule has 0 heterocycles. The highest BCUT2D eigenvalue weighted by Gasteiger charge is 2.15. The molecule has 2 N–H and O–H groups in total. The molecule has 1 fully saturated rings. The van der Waals surface area contributed by atoms with E-state index in [9.17, 15) is 4.79 Å². The number of hydrogen-bond donors (Lipinski definition) is 2. The van der Waals surface area contributed by atoms with Gasteiger partial charge in [0.1, 0.15) is 11.5 Å². The predicted octanol–water partition coefficient (Wildman–Crippen LogP) is 3.16. The Bertz CT molecular complexity index is 434. The van der Waals surface area contributed by atoms with Crippen LogP contribution in [0, 0.1) is 0 Å². The van der Waals surface area contributed by atoms with Crippen molar-refractivity contribution in [3.63, 3.8) is 0 Å². The van der Waals surface area contributed by atoms with Gasteiger partial charge in [0.25, 0.3) is 0 Å². The zero-order chi connectivity index (χ0) is 14.4. The number of anilines is 1. The van der Waals surface area contributed by atoms with Crippen molar-refractivity contribution in [2.75, 3.05) is 19.5 Å². The maximum absolute atomic E-state index is 12.0. The molecule has 0 aliphatic heterocycles. The minimum Gasteiger partial charge on any atom is -0.497 e. The number of carbonyl (C=O) groups is 1. The summed E-state index contributed by atoms with van der Waals surface area (Å²) in [6.45, 7) is 0. The van der Waals surface area contributed by atoms with Crippen LogP contribution < -0.4 is 20.1 Å². The van der Waals surface area contributed by atoms with Crippen LogP contribution in [-0.4, -0.2) is 26.3 Å². The molecule has 1 aromatic rings. The van der Waals surface area contributed by atoms with Crippen LogP contribution in [0.4, 0.5) is 10.5 Å². The van der Waals surface area contributed by atoms with E-state index in [1.165, 1.54) is 19.3 Å². The van der Waals surface area contributed by atoms with E-state index in [1.54, 1.807) is 32.4 Å². The number of methoxy groups -OCH3 is 2. The van der Waals surface area contributed by atoms with Crippen molar-refractivity contribution < 1.29 is 14.3 Å². The van der Waals surface area contributed by atoms with E-state index in [4.69, 9.17) is 9.47 Å². The van der Waals surface area contributed by atoms with Crippen LogP contribution in [0.3, 0.4) is 0 Å². The first-order valence-corrected chi connectivity index (χ1v) is 7.02. The Kier molecular flexibility index (Phi) is 5.09. The Morgan fingerprint density at radius 3 is 2.20 bits per heavy atom. The summed E-state index contributed by atoms with van der Waals surface area (Å²) in [5.74, 6) is 1.30. The maximum atomic E-state index is 12.0. The minimum atomic E-state index is -0.174. The molecule has 0 spiro atoms. The van der Waals surface area contributed by atoms with E-state index in [1.807, 2.05) is 0 Å². The highest BCUT2D eigenvalue weighted by molar-refractivity contribution is 5.90. The number of benzene rings is 1. The smallest absolute Gasteiger partial charge is 0.319 e. The fraction of sp³-hybridized carbons (Fsp3) is 0.533. The average molecular weight is 278 g/mol. The molecule has 0 radical (unpaired) electrons. The number of hydrogen-bond acceptors (Lipinski definition) is 3. The first-order chi connectivity index (χ1) is 9.71. The van der Waals surface area contributed by atoms with Crippen molar-refractivity contribution in [1.82, 2.24) is 5.32 Å². The van der Waals surface area contributed by atoms with Gasteiger partial charge in [-0.2, -0.15) is 0 Å². The molecule has 0 unspecified atom stereocenters. The van der Waals surface area contributed by atoms with Crippen molar-refractivity contribution in [2.24, 2.45) is 0 Å². The minimum absolute atomic E-state index is 0.174. The van der Waals surface area contributed by atoms with Gasteiger partial charge in [0, 0.05) is 29.9 Å². The van der Waals surface area contributed by atoms with Gasteiger partial charge in [-0.3, -0.25) is 0 Å². The molecule has 1 aliphatic carbocycles. The molecule has 1 aromatic carbocycles. The van der Waals surface area contributed by atoms with Crippen LogP contribution >= 0.6 is 0 Å². The van der Waals surface area contributed by atoms with Gasteiger partial charge in [-0.05, 0) is 12.8 Å². The third-order valence-corrected chi connectivity index (χ3v) is 3.55. The van der Waals surface area contributed by atoms with Crippen molar-refractivity contribution >= 4 is 11.7 Å². The maximum Gasteiger partial charge on any atom is 0.319 e. The van der Waals surface area contributed by atoms with Gasteiger partial charge in [0.15, 0.2) is 0 Å². The standard InChI is InChI=1S/C15H22N2O3/c1-19-13-8-12(9-14(10-13)20-2)17-15(18)16-11-6-4-3-5-7-11/h8-11H,3-7H2,1-2H3,(H2,16,17,18). The summed E-state index contributed by atoms with van der Waals surface area (Å²) in [6, 6.07) is 5.42. The molecular formula is C15H22N2O3. The van der Waals surface area contributed by atoms with E-state index in [0.717, 1.165) is 12.8 Å². The van der Waals surface area contributed by atoms with Gasteiger partial charge >= 0.3 is 6.03 Å². The Morgan fingerprint density at radius 2 is 1.65 bits per heavy atom. The van der Waals surface area contributed by atoms with Crippen molar-refractivity contribution in [3.05, 3.63) is 18.2 Å². The second-order valence-corrected chi connectivity index (χ2v) is 5.03. The summed E-state index contributed by atoms with van der Waals surface area (Å²) in [7, 11) is 3.17. The molecule has 0 aromatic heterocycles. The van der Waals surface area contributed by atoms with Crippen LogP contribution in [0.1, 0.15) is 32.1 Å². The predicted molar refractivity (Wildman–Crippen MR) is 78.6 cm³/mol. The van der Waals surface area contributed by atoms with E-state index < -0.39 is 0 Å². The molecule has 5 nitrogen and oxygen atoms in total. The molecule has 2 rings (SSSR count). The fourth-order valence-corrected chi connectivity index (χ4v) is 2.48. The van der Waals surface area contributed by atoms with Gasteiger partial charge in [-0.1, -0.05) is 19.3 Å². The van der Waals surface area contributed by atoms with Gasteiger partial charge in [0.05, 0.1) is 14.2 Å². The highest BCUT2D eigenvalue weighted by Crippen LogP contribution is 2.25. The largest absolute Gasteiger partial charge is 0.497 e. The number of ether oxygens (including phenoxy) is 2. The number of carbonyl (C=O) groups excluding carboxylic acids is 1. The molecule has 0 atom stereocenters. The summed E-state index contributed by atoms with van der Waals surface area (Å²) in [5.41, 5.74) is 0.662. The monoisotopic (exact) mass is 278 g/mol. The van der Waals surface area contributed by atoms with Gasteiger partial charge in [-0.15, -0.1) is 0 Å². The summed E-state index contributed by atoms with van der Waals surface area (Å²) >= 11 is 0. The Labute approximate surface area is 119 Å². The van der Waals surface area contributed by atoms with E-state index in [2.05, 4.69) is 10.6 Å². The molecule has 1 aliphatic rings. The Hall–Kier alpha value is -1.91. The summed E-state index contributed by atoms with van der Waals surface area (Å²) in [5, 5.41) is 5.84. The lowest BCUT2D eigenvalue weighted by Crippen LogP contribution is -2.39. The molecule has 0 saturated heterocycles. The van der Waals surface area contributed by atoms with Crippen LogP contribution in [0.15, 0.2) is 18.2 Å². The number of rotatable bonds is 4. The first kappa shape index (κ1) is 14.5. The van der Waals surface area contributed by atoms with Crippen LogP contribution in [0.25, 0.3) is 0 Å². The van der Waals surface area contributed by atoms with Crippen molar-refractivity contribution in [3.8, 4) is 11.5 Å². The average Bonchev–Trinajstić information content (AvgIpc) is 2.47. The molecule has 110 valence electrons. The molecule has 5 heteroatoms. The second kappa shape index (κ2) is 7.03. The zero-order valence-electron chi connectivity index (χ0n) is 12.1. The molecule has 1 saturated carbocycles. The fourth-order valence-electron chi connectivity index (χ4n) is 2.48. The lowest BCUT2D eigenvalue weighted by molar-refractivity contribution is 0.244. The van der Waals surface area contributed by atoms with Gasteiger partial charge in [0.2, 0.25) is 0 Å². The third kappa shape index (κ3) is 4.05. The summed E-state index contributed by atoms with van der Waals surface area (Å²) < 4.78 is 10.4. The lowest BCUT2D eigenvalue weighted by atomic mass is 9.96. The molecular weight excluding hydrogens is 256 g/mol. The van der Waals surface area contributed by atoms with Gasteiger partial charge < -0.3 is 20.1 Å². The third-order valence-electron chi connectivity index (χ3n) is 3.55. The van der Waals surface area contributed by atoms with Gasteiger partial charge in [-0.25, -0.2) is 4.79 Å². The highest BCUT2D eigenvalue weighted by atomic mass is 16.5. The van der Waals surface area contributed by atoms with E-state index >= 15 is 0 Å². The Morgan fingerprint density at radius 1 is 1.05 bits per heavy atom. The normalized spacial score (nSPS) is 15.5. The zero-order valence-corrected chi connectivity index (χ0v) is 12.1. The lowest BCUT2D eigenvalue weighted by Gasteiger charge is -2.23. The summed E-state index contributed by atoms with van der Waals surface area (Å²) in [4.78, 5) is 12.0. The molecule has 0 bridgehead atoms. The second-order valence-electron chi connectivity index (χ2n) is 5.03. The molecule has 20 heavy (non-hydrogen) atoms. The van der Waals surface area contributed by atoms with Crippen molar-refractivity contribution in [1.29, 1.82) is 0 Å². The molecule has 2 amide bonds. The quantitative estimate of drug-likeness (QED) is 0.889. The Balaban J connectivity index is 1.95. The van der Waals surface area contributed by atoms with Crippen molar-refractivity contribution in [2.45, 2.75) is 38.1 Å². The number of urea groups is 1. The SMILES string of the molecule is COc1cc(NC(=O)NC2CCCCC2)cc(OC)c1. The number of nitrogens with one attached hydrogen (secondary N) is 2. The first-order valence-electron chi connectivity index (χ1n) is 7.02. The van der Waals surface area contributed by atoms with Crippen LogP contribution in [-0.2, 0) is 0 Å². The van der Waals surface area contributed by atoms with Crippen LogP contribution in [0.2, 0.25) is 0 Å². The topological polar surface area (TPSA) is 59.6 Å². The number of amides is 2. The van der Waals surface area contributed by atoms with Crippen LogP contribution in [0.5, 0.6) is 11.5 Å². The van der Waals surface area contributed by atoms with E-state index in [0.29, 0.717) is 17.2 Å². The summed E-state index contributed by atoms with van der Waals surface area (Å²) in [6.07, 6.45) is 5.78.